The van der Waals surface area contributed by atoms with E-state index in [1.165, 1.54) is 6.07 Å². The number of aromatic nitrogens is 2. The van der Waals surface area contributed by atoms with Crippen LogP contribution in [0.4, 0.5) is 13.2 Å². The molecule has 2 aromatic heterocycles. The minimum Gasteiger partial charge on any atom is -0.325 e. The molecule has 0 aromatic carbocycles. The number of hydrogen-bond donors (Lipinski definition) is 1. The maximum atomic E-state index is 12.4. The van der Waals surface area contributed by atoms with Crippen LogP contribution in [-0.2, 0) is 12.7 Å². The summed E-state index contributed by atoms with van der Waals surface area (Å²) in [6.07, 6.45) is -2.00. The van der Waals surface area contributed by atoms with Gasteiger partial charge >= 0.3 is 6.18 Å². The highest BCUT2D eigenvalue weighted by Crippen LogP contribution is 2.29. The Bertz CT molecular complexity index is 535. The number of alkyl halides is 3. The Balaban J connectivity index is 2.34. The maximum Gasteiger partial charge on any atom is 0.417 e. The third-order valence-electron chi connectivity index (χ3n) is 2.41. The fourth-order valence-corrected chi connectivity index (χ4v) is 1.48. The van der Waals surface area contributed by atoms with E-state index in [1.54, 1.807) is 18.3 Å². The normalized spacial score (nSPS) is 11.6. The van der Waals surface area contributed by atoms with Crippen molar-refractivity contribution in [1.29, 1.82) is 0 Å². The smallest absolute Gasteiger partial charge is 0.325 e. The van der Waals surface area contributed by atoms with E-state index in [-0.39, 0.29) is 6.54 Å². The quantitative estimate of drug-likeness (QED) is 0.895. The van der Waals surface area contributed by atoms with Crippen molar-refractivity contribution in [3.05, 3.63) is 47.9 Å². The molecule has 2 N–H and O–H groups in total. The van der Waals surface area contributed by atoms with E-state index in [4.69, 9.17) is 5.73 Å². The molecular weight excluding hydrogens is 243 g/mol. The molecular formula is C12H10F3N3. The van der Waals surface area contributed by atoms with Crippen LogP contribution in [0, 0.1) is 0 Å². The van der Waals surface area contributed by atoms with Crippen molar-refractivity contribution in [3.8, 4) is 11.3 Å². The van der Waals surface area contributed by atoms with Crippen molar-refractivity contribution in [1.82, 2.24) is 9.97 Å². The number of nitrogens with zero attached hydrogens (tertiary/aromatic N) is 2. The Morgan fingerprint density at radius 2 is 1.89 bits per heavy atom. The Hall–Kier alpha value is -1.95. The van der Waals surface area contributed by atoms with Crippen LogP contribution in [0.2, 0.25) is 0 Å². The Morgan fingerprint density at radius 3 is 2.44 bits per heavy atom. The van der Waals surface area contributed by atoms with Crippen molar-refractivity contribution in [3.63, 3.8) is 0 Å². The van der Waals surface area contributed by atoms with Gasteiger partial charge in [-0.05, 0) is 24.3 Å². The second-order valence-electron chi connectivity index (χ2n) is 3.67. The first-order chi connectivity index (χ1) is 8.50. The monoisotopic (exact) mass is 253 g/mol. The summed E-state index contributed by atoms with van der Waals surface area (Å²) in [7, 11) is 0. The maximum absolute atomic E-state index is 12.4. The summed E-state index contributed by atoms with van der Waals surface area (Å²) in [6, 6.07) is 5.72. The number of pyridine rings is 2. The largest absolute Gasteiger partial charge is 0.417 e. The molecule has 2 rings (SSSR count). The summed E-state index contributed by atoms with van der Waals surface area (Å²) in [5.74, 6) is 0. The fraction of sp³-hybridized carbons (Fsp3) is 0.167. The summed E-state index contributed by atoms with van der Waals surface area (Å²) in [5.41, 5.74) is 6.50. The van der Waals surface area contributed by atoms with Gasteiger partial charge in [0, 0.05) is 24.5 Å². The molecule has 0 atom stereocenters. The molecule has 6 heteroatoms. The molecule has 0 spiro atoms. The number of nitrogens with two attached hydrogens (primary N) is 1. The van der Waals surface area contributed by atoms with E-state index < -0.39 is 11.7 Å². The Morgan fingerprint density at radius 1 is 1.11 bits per heavy atom. The average Bonchev–Trinajstić information content (AvgIpc) is 2.38. The standard InChI is InChI=1S/C12H10F3N3/c13-12(14,15)9-1-2-11(18-7-9)8-3-4-17-10(5-8)6-16/h1-5,7H,6,16H2. The molecule has 3 nitrogen and oxygen atoms in total. The van der Waals surface area contributed by atoms with Gasteiger partial charge in [0.1, 0.15) is 0 Å². The molecule has 2 heterocycles. The topological polar surface area (TPSA) is 51.8 Å². The summed E-state index contributed by atoms with van der Waals surface area (Å²) in [5, 5.41) is 0. The first kappa shape index (κ1) is 12.5. The molecule has 0 aliphatic heterocycles. The van der Waals surface area contributed by atoms with Gasteiger partial charge < -0.3 is 5.73 Å². The molecule has 18 heavy (non-hydrogen) atoms. The fourth-order valence-electron chi connectivity index (χ4n) is 1.48. The first-order valence-electron chi connectivity index (χ1n) is 5.19. The lowest BCUT2D eigenvalue weighted by atomic mass is 10.1. The van der Waals surface area contributed by atoms with Crippen LogP contribution in [0.15, 0.2) is 36.7 Å². The molecule has 0 bridgehead atoms. The predicted octanol–water partition coefficient (Wildman–Crippen LogP) is 2.62. The zero-order chi connectivity index (χ0) is 13.2. The molecule has 0 amide bonds. The van der Waals surface area contributed by atoms with Crippen LogP contribution in [0.3, 0.4) is 0 Å². The van der Waals surface area contributed by atoms with Gasteiger partial charge in [-0.1, -0.05) is 0 Å². The van der Waals surface area contributed by atoms with Crippen molar-refractivity contribution >= 4 is 0 Å². The summed E-state index contributed by atoms with van der Waals surface area (Å²) in [4.78, 5) is 7.81. The van der Waals surface area contributed by atoms with Crippen LogP contribution in [-0.4, -0.2) is 9.97 Å². The molecule has 0 unspecified atom stereocenters. The number of rotatable bonds is 2. The lowest BCUT2D eigenvalue weighted by Crippen LogP contribution is -2.05. The van der Waals surface area contributed by atoms with Crippen LogP contribution in [0.5, 0.6) is 0 Å². The Labute approximate surface area is 101 Å². The average molecular weight is 253 g/mol. The lowest BCUT2D eigenvalue weighted by Gasteiger charge is -2.07. The second-order valence-corrected chi connectivity index (χ2v) is 3.67. The van der Waals surface area contributed by atoms with Gasteiger partial charge in [0.15, 0.2) is 0 Å². The molecule has 0 saturated carbocycles. The van der Waals surface area contributed by atoms with Crippen molar-refractivity contribution < 1.29 is 13.2 Å². The predicted molar refractivity (Wildman–Crippen MR) is 60.4 cm³/mol. The van der Waals surface area contributed by atoms with Crippen LogP contribution >= 0.6 is 0 Å². The molecule has 0 aliphatic rings. The molecule has 0 fully saturated rings. The molecule has 0 radical (unpaired) electrons. The van der Waals surface area contributed by atoms with Gasteiger partial charge in [-0.2, -0.15) is 13.2 Å². The van der Waals surface area contributed by atoms with Crippen molar-refractivity contribution in [2.45, 2.75) is 12.7 Å². The van der Waals surface area contributed by atoms with Gasteiger partial charge in [-0.3, -0.25) is 9.97 Å². The zero-order valence-electron chi connectivity index (χ0n) is 9.28. The summed E-state index contributed by atoms with van der Waals surface area (Å²) >= 11 is 0. The van der Waals surface area contributed by atoms with Crippen molar-refractivity contribution in [2.24, 2.45) is 5.73 Å². The van der Waals surface area contributed by atoms with Gasteiger partial charge in [0.2, 0.25) is 0 Å². The van der Waals surface area contributed by atoms with Crippen LogP contribution in [0.1, 0.15) is 11.3 Å². The highest BCUT2D eigenvalue weighted by atomic mass is 19.4. The molecule has 0 aliphatic carbocycles. The highest BCUT2D eigenvalue weighted by Gasteiger charge is 2.30. The molecule has 2 aromatic rings. The zero-order valence-corrected chi connectivity index (χ0v) is 9.28. The first-order valence-corrected chi connectivity index (χ1v) is 5.19. The van der Waals surface area contributed by atoms with E-state index in [1.807, 2.05) is 0 Å². The second kappa shape index (κ2) is 4.73. The van der Waals surface area contributed by atoms with Crippen molar-refractivity contribution in [2.75, 3.05) is 0 Å². The van der Waals surface area contributed by atoms with Gasteiger partial charge in [0.05, 0.1) is 17.0 Å². The SMILES string of the molecule is NCc1cc(-c2ccc(C(F)(F)F)cn2)ccn1. The number of hydrogen-bond acceptors (Lipinski definition) is 3. The van der Waals surface area contributed by atoms with E-state index in [0.717, 1.165) is 12.3 Å². The van der Waals surface area contributed by atoms with Gasteiger partial charge in [-0.25, -0.2) is 0 Å². The van der Waals surface area contributed by atoms with E-state index in [9.17, 15) is 13.2 Å². The molecule has 0 saturated heterocycles. The van der Waals surface area contributed by atoms with E-state index in [0.29, 0.717) is 17.0 Å². The minimum atomic E-state index is -4.37. The van der Waals surface area contributed by atoms with Gasteiger partial charge in [0.25, 0.3) is 0 Å². The summed E-state index contributed by atoms with van der Waals surface area (Å²) < 4.78 is 37.1. The van der Waals surface area contributed by atoms with E-state index >= 15 is 0 Å². The third-order valence-corrected chi connectivity index (χ3v) is 2.41. The minimum absolute atomic E-state index is 0.272. The third kappa shape index (κ3) is 2.65. The number of halogens is 3. The van der Waals surface area contributed by atoms with E-state index in [2.05, 4.69) is 9.97 Å². The summed E-state index contributed by atoms with van der Waals surface area (Å²) in [6.45, 7) is 0.272. The molecule has 94 valence electrons. The lowest BCUT2D eigenvalue weighted by molar-refractivity contribution is -0.137. The Kier molecular flexibility index (Phi) is 3.29. The van der Waals surface area contributed by atoms with Crippen LogP contribution in [0.25, 0.3) is 11.3 Å². The highest BCUT2D eigenvalue weighted by molar-refractivity contribution is 5.59. The van der Waals surface area contributed by atoms with Crippen LogP contribution < -0.4 is 5.73 Å². The van der Waals surface area contributed by atoms with Gasteiger partial charge in [-0.15, -0.1) is 0 Å².